The van der Waals surface area contributed by atoms with Gasteiger partial charge in [-0.05, 0) is 61.5 Å². The molecule has 2 aromatic carbocycles. The van der Waals surface area contributed by atoms with E-state index in [-0.39, 0.29) is 11.8 Å². The number of carbonyl (C=O) groups is 2. The van der Waals surface area contributed by atoms with Crippen LogP contribution in [0.5, 0.6) is 5.75 Å². The number of pyridine rings is 1. The topological polar surface area (TPSA) is 92.3 Å². The minimum absolute atomic E-state index is 0.148. The summed E-state index contributed by atoms with van der Waals surface area (Å²) in [6.07, 6.45) is 3.15. The highest BCUT2D eigenvalue weighted by molar-refractivity contribution is 6.04. The average molecular weight is 390 g/mol. The number of nitrogens with zero attached hydrogens (tertiary/aromatic N) is 1. The van der Waals surface area contributed by atoms with Gasteiger partial charge in [0.05, 0.1) is 24.1 Å². The zero-order valence-corrected chi connectivity index (χ0v) is 16.2. The van der Waals surface area contributed by atoms with Crippen LogP contribution < -0.4 is 20.7 Å². The predicted molar refractivity (Wildman–Crippen MR) is 114 cm³/mol. The number of benzene rings is 2. The van der Waals surface area contributed by atoms with E-state index in [9.17, 15) is 9.59 Å². The van der Waals surface area contributed by atoms with Crippen LogP contribution in [0.25, 0.3) is 0 Å². The van der Waals surface area contributed by atoms with Gasteiger partial charge in [-0.3, -0.25) is 14.6 Å². The van der Waals surface area contributed by atoms with Crippen molar-refractivity contribution in [2.75, 3.05) is 22.6 Å². The lowest BCUT2D eigenvalue weighted by Crippen LogP contribution is -2.12. The Bertz CT molecular complexity index is 986. The van der Waals surface area contributed by atoms with Crippen molar-refractivity contribution in [3.05, 3.63) is 72.6 Å². The SMILES string of the molecule is CCOc1ccc(Nc2cncc(C(=O)Nc3ccc(NC(C)=O)cc3)c2)cc1. The number of ether oxygens (including phenoxy) is 1. The lowest BCUT2D eigenvalue weighted by Gasteiger charge is -2.10. The molecule has 0 atom stereocenters. The van der Waals surface area contributed by atoms with Crippen LogP contribution in [0.15, 0.2) is 67.0 Å². The fourth-order valence-electron chi connectivity index (χ4n) is 2.64. The molecule has 0 fully saturated rings. The summed E-state index contributed by atoms with van der Waals surface area (Å²) in [5, 5.41) is 8.72. The van der Waals surface area contributed by atoms with Gasteiger partial charge in [0.1, 0.15) is 5.75 Å². The summed E-state index contributed by atoms with van der Waals surface area (Å²) in [5.74, 6) is 0.374. The Morgan fingerprint density at radius 2 is 1.48 bits per heavy atom. The third-order valence-corrected chi connectivity index (χ3v) is 3.92. The van der Waals surface area contributed by atoms with Gasteiger partial charge in [-0.2, -0.15) is 0 Å². The zero-order chi connectivity index (χ0) is 20.6. The monoisotopic (exact) mass is 390 g/mol. The number of rotatable bonds is 7. The van der Waals surface area contributed by atoms with Crippen LogP contribution in [0.2, 0.25) is 0 Å². The molecule has 0 saturated carbocycles. The summed E-state index contributed by atoms with van der Waals surface area (Å²) < 4.78 is 5.43. The van der Waals surface area contributed by atoms with E-state index in [4.69, 9.17) is 4.74 Å². The Kier molecular flexibility index (Phi) is 6.42. The van der Waals surface area contributed by atoms with Crippen LogP contribution in [-0.2, 0) is 4.79 Å². The molecule has 0 spiro atoms. The van der Waals surface area contributed by atoms with Crippen LogP contribution >= 0.6 is 0 Å². The maximum atomic E-state index is 12.5. The molecule has 7 heteroatoms. The van der Waals surface area contributed by atoms with Crippen molar-refractivity contribution in [1.29, 1.82) is 0 Å². The molecular formula is C22H22N4O3. The van der Waals surface area contributed by atoms with Crippen LogP contribution in [-0.4, -0.2) is 23.4 Å². The summed E-state index contributed by atoms with van der Waals surface area (Å²) in [6.45, 7) is 3.99. The highest BCUT2D eigenvalue weighted by atomic mass is 16.5. The van der Waals surface area contributed by atoms with E-state index in [1.165, 1.54) is 13.1 Å². The number of anilines is 4. The standard InChI is InChI=1S/C22H22N4O3/c1-3-29-21-10-8-18(9-11-21)25-20-12-16(13-23-14-20)22(28)26-19-6-4-17(5-7-19)24-15(2)27/h4-14,25H,3H2,1-2H3,(H,24,27)(H,26,28). The molecule has 7 nitrogen and oxygen atoms in total. The fourth-order valence-corrected chi connectivity index (χ4v) is 2.64. The van der Waals surface area contributed by atoms with Gasteiger partial charge >= 0.3 is 0 Å². The molecule has 1 aromatic heterocycles. The largest absolute Gasteiger partial charge is 0.494 e. The van der Waals surface area contributed by atoms with E-state index in [1.54, 1.807) is 36.5 Å². The Morgan fingerprint density at radius 3 is 2.10 bits per heavy atom. The van der Waals surface area contributed by atoms with Gasteiger partial charge in [0.25, 0.3) is 5.91 Å². The van der Waals surface area contributed by atoms with E-state index in [0.29, 0.717) is 29.2 Å². The number of aromatic nitrogens is 1. The molecule has 0 radical (unpaired) electrons. The van der Waals surface area contributed by atoms with Crippen molar-refractivity contribution in [2.45, 2.75) is 13.8 Å². The van der Waals surface area contributed by atoms with E-state index in [0.717, 1.165) is 11.4 Å². The second-order valence-corrected chi connectivity index (χ2v) is 6.26. The first-order valence-corrected chi connectivity index (χ1v) is 9.17. The smallest absolute Gasteiger partial charge is 0.257 e. The van der Waals surface area contributed by atoms with Crippen LogP contribution in [0.3, 0.4) is 0 Å². The minimum Gasteiger partial charge on any atom is -0.494 e. The van der Waals surface area contributed by atoms with Gasteiger partial charge in [-0.1, -0.05) is 0 Å². The summed E-state index contributed by atoms with van der Waals surface area (Å²) in [7, 11) is 0. The zero-order valence-electron chi connectivity index (χ0n) is 16.2. The van der Waals surface area contributed by atoms with Crippen LogP contribution in [0, 0.1) is 0 Å². The number of carbonyl (C=O) groups excluding carboxylic acids is 2. The van der Waals surface area contributed by atoms with E-state index in [2.05, 4.69) is 20.9 Å². The number of hydrogen-bond donors (Lipinski definition) is 3. The van der Waals surface area contributed by atoms with Gasteiger partial charge < -0.3 is 20.7 Å². The quantitative estimate of drug-likeness (QED) is 0.555. The molecule has 148 valence electrons. The third-order valence-electron chi connectivity index (χ3n) is 3.92. The lowest BCUT2D eigenvalue weighted by atomic mass is 10.2. The van der Waals surface area contributed by atoms with Gasteiger partial charge in [0, 0.05) is 30.2 Å². The number of amides is 2. The van der Waals surface area contributed by atoms with E-state index >= 15 is 0 Å². The van der Waals surface area contributed by atoms with Crippen molar-refractivity contribution >= 4 is 34.6 Å². The number of nitrogens with one attached hydrogen (secondary N) is 3. The Balaban J connectivity index is 1.65. The predicted octanol–water partition coefficient (Wildman–Crippen LogP) is 4.43. The normalized spacial score (nSPS) is 10.1. The molecule has 0 saturated heterocycles. The van der Waals surface area contributed by atoms with Crippen molar-refractivity contribution in [2.24, 2.45) is 0 Å². The van der Waals surface area contributed by atoms with Gasteiger partial charge in [0.15, 0.2) is 0 Å². The lowest BCUT2D eigenvalue weighted by molar-refractivity contribution is -0.114. The summed E-state index contributed by atoms with van der Waals surface area (Å²) >= 11 is 0. The van der Waals surface area contributed by atoms with E-state index < -0.39 is 0 Å². The molecular weight excluding hydrogens is 368 g/mol. The van der Waals surface area contributed by atoms with Gasteiger partial charge in [0.2, 0.25) is 5.91 Å². The first kappa shape index (κ1) is 19.9. The van der Waals surface area contributed by atoms with E-state index in [1.807, 2.05) is 31.2 Å². The highest BCUT2D eigenvalue weighted by Gasteiger charge is 2.08. The molecule has 3 N–H and O–H groups in total. The van der Waals surface area contributed by atoms with Gasteiger partial charge in [-0.25, -0.2) is 0 Å². The Morgan fingerprint density at radius 1 is 0.862 bits per heavy atom. The van der Waals surface area contributed by atoms with Gasteiger partial charge in [-0.15, -0.1) is 0 Å². The molecule has 0 bridgehead atoms. The Labute approximate surface area is 169 Å². The summed E-state index contributed by atoms with van der Waals surface area (Å²) in [6, 6.07) is 16.2. The third kappa shape index (κ3) is 5.80. The maximum Gasteiger partial charge on any atom is 0.257 e. The average Bonchev–Trinajstić information content (AvgIpc) is 2.71. The second-order valence-electron chi connectivity index (χ2n) is 6.26. The molecule has 0 aliphatic carbocycles. The van der Waals surface area contributed by atoms with Crippen LogP contribution in [0.1, 0.15) is 24.2 Å². The molecule has 3 aromatic rings. The first-order valence-electron chi connectivity index (χ1n) is 9.17. The molecule has 1 heterocycles. The second kappa shape index (κ2) is 9.36. The molecule has 0 aliphatic rings. The molecule has 29 heavy (non-hydrogen) atoms. The summed E-state index contributed by atoms with van der Waals surface area (Å²) in [5.41, 5.74) is 3.27. The Hall–Kier alpha value is -3.87. The van der Waals surface area contributed by atoms with Crippen molar-refractivity contribution in [1.82, 2.24) is 4.98 Å². The molecule has 0 aliphatic heterocycles. The van der Waals surface area contributed by atoms with Crippen molar-refractivity contribution in [3.8, 4) is 5.75 Å². The number of hydrogen-bond acceptors (Lipinski definition) is 5. The molecule has 2 amide bonds. The van der Waals surface area contributed by atoms with Crippen molar-refractivity contribution < 1.29 is 14.3 Å². The highest BCUT2D eigenvalue weighted by Crippen LogP contribution is 2.21. The minimum atomic E-state index is -0.278. The fraction of sp³-hybridized carbons (Fsp3) is 0.136. The first-order chi connectivity index (χ1) is 14.0. The summed E-state index contributed by atoms with van der Waals surface area (Å²) in [4.78, 5) is 27.7. The van der Waals surface area contributed by atoms with Crippen molar-refractivity contribution in [3.63, 3.8) is 0 Å². The maximum absolute atomic E-state index is 12.5. The van der Waals surface area contributed by atoms with Crippen LogP contribution in [0.4, 0.5) is 22.7 Å². The molecule has 0 unspecified atom stereocenters. The molecule has 3 rings (SSSR count).